The van der Waals surface area contributed by atoms with Crippen molar-refractivity contribution < 1.29 is 0 Å². The number of hydrogen-bond acceptors (Lipinski definition) is 3. The smallest absolute Gasteiger partial charge is 0.159 e. The summed E-state index contributed by atoms with van der Waals surface area (Å²) >= 11 is 1.57. The number of nitrogens with zero attached hydrogens (tertiary/aromatic N) is 2. The molecule has 4 heteroatoms. The summed E-state index contributed by atoms with van der Waals surface area (Å²) in [7, 11) is 0. The van der Waals surface area contributed by atoms with E-state index in [1.807, 2.05) is 0 Å². The second kappa shape index (κ2) is 8.36. The molecule has 0 aromatic heterocycles. The molecule has 1 aliphatic heterocycles. The third-order valence-electron chi connectivity index (χ3n) is 4.39. The van der Waals surface area contributed by atoms with Gasteiger partial charge in [0.15, 0.2) is 5.17 Å². The SMILES string of the molecule is CCSC(N)=Nc1ccc(CCN2CCc3ccccc3C2)cc1. The van der Waals surface area contributed by atoms with Crippen LogP contribution in [0.5, 0.6) is 0 Å². The second-order valence-electron chi connectivity index (χ2n) is 6.09. The fraction of sp³-hybridized carbons (Fsp3) is 0.350. The monoisotopic (exact) mass is 339 g/mol. The summed E-state index contributed by atoms with van der Waals surface area (Å²) in [5, 5.41) is 0.636. The van der Waals surface area contributed by atoms with Crippen LogP contribution in [0.3, 0.4) is 0 Å². The van der Waals surface area contributed by atoms with Gasteiger partial charge in [-0.1, -0.05) is 55.1 Å². The van der Waals surface area contributed by atoms with Crippen LogP contribution in [0.1, 0.15) is 23.6 Å². The highest BCUT2D eigenvalue weighted by Crippen LogP contribution is 2.19. The van der Waals surface area contributed by atoms with E-state index < -0.39 is 0 Å². The third-order valence-corrected chi connectivity index (χ3v) is 5.07. The summed E-state index contributed by atoms with van der Waals surface area (Å²) in [6, 6.07) is 17.3. The Labute approximate surface area is 149 Å². The highest BCUT2D eigenvalue weighted by Gasteiger charge is 2.15. The molecule has 1 aliphatic rings. The first-order valence-electron chi connectivity index (χ1n) is 8.59. The lowest BCUT2D eigenvalue weighted by molar-refractivity contribution is 0.257. The van der Waals surface area contributed by atoms with Crippen LogP contribution in [0.4, 0.5) is 5.69 Å². The van der Waals surface area contributed by atoms with Gasteiger partial charge in [0.25, 0.3) is 0 Å². The summed E-state index contributed by atoms with van der Waals surface area (Å²) in [5.74, 6) is 0.951. The summed E-state index contributed by atoms with van der Waals surface area (Å²) < 4.78 is 0. The Balaban J connectivity index is 1.53. The van der Waals surface area contributed by atoms with E-state index in [-0.39, 0.29) is 0 Å². The fourth-order valence-electron chi connectivity index (χ4n) is 3.08. The van der Waals surface area contributed by atoms with Gasteiger partial charge >= 0.3 is 0 Å². The Kier molecular flexibility index (Phi) is 5.94. The van der Waals surface area contributed by atoms with E-state index in [0.717, 1.165) is 43.9 Å². The Bertz CT molecular complexity index is 694. The molecule has 126 valence electrons. The molecule has 0 spiro atoms. The van der Waals surface area contributed by atoms with E-state index in [2.05, 4.69) is 65.3 Å². The van der Waals surface area contributed by atoms with Gasteiger partial charge in [-0.05, 0) is 47.4 Å². The van der Waals surface area contributed by atoms with Gasteiger partial charge in [-0.3, -0.25) is 4.90 Å². The van der Waals surface area contributed by atoms with Crippen LogP contribution in [-0.4, -0.2) is 28.9 Å². The number of hydrogen-bond donors (Lipinski definition) is 1. The zero-order valence-corrected chi connectivity index (χ0v) is 15.1. The lowest BCUT2D eigenvalue weighted by Crippen LogP contribution is -2.32. The summed E-state index contributed by atoms with van der Waals surface area (Å²) in [5.41, 5.74) is 11.1. The van der Waals surface area contributed by atoms with Gasteiger partial charge in [0.1, 0.15) is 0 Å². The molecular weight excluding hydrogens is 314 g/mol. The predicted molar refractivity (Wildman–Crippen MR) is 105 cm³/mol. The van der Waals surface area contributed by atoms with Gasteiger partial charge in [0.2, 0.25) is 0 Å². The van der Waals surface area contributed by atoms with Gasteiger partial charge in [-0.15, -0.1) is 0 Å². The number of nitrogens with two attached hydrogens (primary N) is 1. The maximum atomic E-state index is 5.86. The number of fused-ring (bicyclic) bond motifs is 1. The first-order chi connectivity index (χ1) is 11.7. The summed E-state index contributed by atoms with van der Waals surface area (Å²) in [6.45, 7) is 5.41. The van der Waals surface area contributed by atoms with Crippen molar-refractivity contribution in [3.63, 3.8) is 0 Å². The molecule has 0 aliphatic carbocycles. The van der Waals surface area contributed by atoms with Crippen LogP contribution in [0.25, 0.3) is 0 Å². The molecule has 0 unspecified atom stereocenters. The third kappa shape index (κ3) is 4.62. The zero-order chi connectivity index (χ0) is 16.8. The van der Waals surface area contributed by atoms with E-state index in [1.54, 1.807) is 11.8 Å². The number of benzene rings is 2. The molecule has 0 saturated carbocycles. The highest BCUT2D eigenvalue weighted by molar-refractivity contribution is 8.13. The van der Waals surface area contributed by atoms with Crippen LogP contribution >= 0.6 is 11.8 Å². The molecule has 0 atom stereocenters. The maximum absolute atomic E-state index is 5.86. The summed E-state index contributed by atoms with van der Waals surface area (Å²) in [4.78, 5) is 6.96. The first kappa shape index (κ1) is 17.1. The lowest BCUT2D eigenvalue weighted by Gasteiger charge is -2.28. The van der Waals surface area contributed by atoms with Crippen molar-refractivity contribution >= 4 is 22.6 Å². The molecule has 2 N–H and O–H groups in total. The molecule has 0 fully saturated rings. The first-order valence-corrected chi connectivity index (χ1v) is 9.58. The largest absolute Gasteiger partial charge is 0.378 e. The number of rotatable bonds is 5. The molecule has 3 rings (SSSR count). The van der Waals surface area contributed by atoms with Gasteiger partial charge < -0.3 is 5.73 Å². The Hall–Kier alpha value is -1.78. The van der Waals surface area contributed by atoms with Gasteiger partial charge in [0, 0.05) is 19.6 Å². The van der Waals surface area contributed by atoms with Gasteiger partial charge in [-0.2, -0.15) is 0 Å². The van der Waals surface area contributed by atoms with E-state index in [0.29, 0.717) is 5.17 Å². The molecular formula is C20H25N3S. The number of thioether (sulfide) groups is 1. The highest BCUT2D eigenvalue weighted by atomic mass is 32.2. The summed E-state index contributed by atoms with van der Waals surface area (Å²) in [6.07, 6.45) is 2.24. The average Bonchev–Trinajstić information content (AvgIpc) is 2.61. The van der Waals surface area contributed by atoms with Gasteiger partial charge in [0.05, 0.1) is 5.69 Å². The maximum Gasteiger partial charge on any atom is 0.159 e. The molecule has 0 bridgehead atoms. The van der Waals surface area contributed by atoms with Crippen LogP contribution in [-0.2, 0) is 19.4 Å². The van der Waals surface area contributed by atoms with E-state index in [9.17, 15) is 0 Å². The molecule has 2 aromatic carbocycles. The lowest BCUT2D eigenvalue weighted by atomic mass is 9.99. The second-order valence-corrected chi connectivity index (χ2v) is 7.38. The van der Waals surface area contributed by atoms with Crippen LogP contribution < -0.4 is 5.73 Å². The normalized spacial score (nSPS) is 15.3. The Morgan fingerprint density at radius 2 is 1.88 bits per heavy atom. The molecule has 1 heterocycles. The van der Waals surface area contributed by atoms with Crippen molar-refractivity contribution in [1.29, 1.82) is 0 Å². The molecule has 0 radical (unpaired) electrons. The molecule has 24 heavy (non-hydrogen) atoms. The zero-order valence-electron chi connectivity index (χ0n) is 14.2. The number of amidine groups is 1. The predicted octanol–water partition coefficient (Wildman–Crippen LogP) is 3.99. The average molecular weight is 340 g/mol. The van der Waals surface area contributed by atoms with E-state index >= 15 is 0 Å². The van der Waals surface area contributed by atoms with E-state index in [4.69, 9.17) is 5.73 Å². The van der Waals surface area contributed by atoms with Crippen molar-refractivity contribution in [3.05, 3.63) is 65.2 Å². The van der Waals surface area contributed by atoms with Crippen molar-refractivity contribution in [1.82, 2.24) is 4.90 Å². The van der Waals surface area contributed by atoms with E-state index in [1.165, 1.54) is 16.7 Å². The van der Waals surface area contributed by atoms with Crippen molar-refractivity contribution in [3.8, 4) is 0 Å². The molecule has 2 aromatic rings. The van der Waals surface area contributed by atoms with Crippen molar-refractivity contribution in [2.75, 3.05) is 18.8 Å². The minimum Gasteiger partial charge on any atom is -0.378 e. The van der Waals surface area contributed by atoms with Crippen molar-refractivity contribution in [2.24, 2.45) is 10.7 Å². The Morgan fingerprint density at radius 3 is 2.62 bits per heavy atom. The minimum atomic E-state index is 0.636. The van der Waals surface area contributed by atoms with Crippen LogP contribution in [0, 0.1) is 0 Å². The van der Waals surface area contributed by atoms with Crippen molar-refractivity contribution in [2.45, 2.75) is 26.3 Å². The van der Waals surface area contributed by atoms with Crippen LogP contribution in [0.15, 0.2) is 53.5 Å². The molecule has 0 amide bonds. The quantitative estimate of drug-likeness (QED) is 0.661. The van der Waals surface area contributed by atoms with Crippen LogP contribution in [0.2, 0.25) is 0 Å². The topological polar surface area (TPSA) is 41.6 Å². The minimum absolute atomic E-state index is 0.636. The Morgan fingerprint density at radius 1 is 1.12 bits per heavy atom. The fourth-order valence-corrected chi connectivity index (χ4v) is 3.54. The van der Waals surface area contributed by atoms with Gasteiger partial charge in [-0.25, -0.2) is 4.99 Å². The standard InChI is InChI=1S/C20H25N3S/c1-2-24-20(21)22-19-9-7-16(8-10-19)11-13-23-14-12-17-5-3-4-6-18(17)15-23/h3-10H,2,11-15H2,1H3,(H2,21,22). The molecule has 3 nitrogen and oxygen atoms in total. The molecule has 0 saturated heterocycles. The number of aliphatic imine (C=N–C) groups is 1.